The first-order valence-corrected chi connectivity index (χ1v) is 18.6. The second-order valence-corrected chi connectivity index (χ2v) is 15.9. The number of hydrogen-bond donors (Lipinski definition) is 2. The van der Waals surface area contributed by atoms with Gasteiger partial charge < -0.3 is 29.2 Å². The lowest BCUT2D eigenvalue weighted by molar-refractivity contribution is -0.167. The Labute approximate surface area is 292 Å². The summed E-state index contributed by atoms with van der Waals surface area (Å²) in [6.45, 7) is 0.241. The van der Waals surface area contributed by atoms with Crippen molar-refractivity contribution in [3.8, 4) is 11.1 Å². The molecule has 9 aliphatic rings. The average molecular weight is 679 g/mol. The molecule has 4 aromatic rings. The zero-order valence-corrected chi connectivity index (χ0v) is 27.8. The maximum absolute atomic E-state index is 14.5. The van der Waals surface area contributed by atoms with Crippen molar-refractivity contribution >= 4 is 55.4 Å². The molecule has 13 rings (SSSR count). The van der Waals surface area contributed by atoms with Crippen LogP contribution in [0, 0.1) is 17.3 Å². The third-order valence-corrected chi connectivity index (χ3v) is 14.0. The summed E-state index contributed by atoms with van der Waals surface area (Å²) in [4.78, 5) is 29.0. The molecule has 2 N–H and O–H groups in total. The fourth-order valence-electron chi connectivity index (χ4n) is 12.7. The van der Waals surface area contributed by atoms with Crippen LogP contribution in [0.25, 0.3) is 54.6 Å². The summed E-state index contributed by atoms with van der Waals surface area (Å²) in [6.07, 6.45) is 11.8. The Bertz CT molecular complexity index is 2380. The van der Waals surface area contributed by atoms with E-state index in [1.807, 2.05) is 0 Å². The number of hydrogen-bond acceptors (Lipinski definition) is 8. The Balaban J connectivity index is 1.07. The molecule has 0 spiro atoms. The highest BCUT2D eigenvalue weighted by atomic mass is 16.6. The SMILES string of the molecule is O=C(OCCOCCO)C1(C(=O)OCCOCCO)[C@@H]2c3cc4c5c6c7c8c9c%10c%11c(cc(c%12c%11c8c5c3-%12)[C@@H]21)CC%10=C[C@H]1C=C[C@@H](C=C6C4)[C@@H]7[C@@H]91. The van der Waals surface area contributed by atoms with Crippen molar-refractivity contribution in [2.24, 2.45) is 17.3 Å². The van der Waals surface area contributed by atoms with Crippen molar-refractivity contribution in [3.05, 3.63) is 80.9 Å². The molecule has 0 heterocycles. The number of rotatable bonds is 12. The van der Waals surface area contributed by atoms with Gasteiger partial charge in [-0.2, -0.15) is 0 Å². The van der Waals surface area contributed by atoms with Crippen LogP contribution in [0.1, 0.15) is 68.2 Å². The average Bonchev–Trinajstić information content (AvgIpc) is 3.43. The van der Waals surface area contributed by atoms with Gasteiger partial charge in [0.2, 0.25) is 0 Å². The standard InChI is InChI=1S/C43H34O8/c44-3-5-48-7-9-50-41(46)43(42(47)51-10-8-49-6-4-45)39-23-15-21-13-19-11-17-1-2-18-12-20-14-22-16-24(40(39)43)32-31(23)35-29(21)27(19)33-25(17)26(18)34-28(20)30(22)36(32)38(35)37(33)34/h1-2,11-12,15-18,25-26,39-40,44-45H,3-10,13-14H2/t17-,18+,25+,26-,39+,40-. The second-order valence-electron chi connectivity index (χ2n) is 15.9. The van der Waals surface area contributed by atoms with Gasteiger partial charge in [0, 0.05) is 35.5 Å². The molecule has 1 saturated carbocycles. The molecule has 0 amide bonds. The van der Waals surface area contributed by atoms with Crippen molar-refractivity contribution in [1.82, 2.24) is 0 Å². The quantitative estimate of drug-likeness (QED) is 0.0602. The van der Waals surface area contributed by atoms with Crippen molar-refractivity contribution < 1.29 is 38.7 Å². The Morgan fingerprint density at radius 2 is 1.10 bits per heavy atom. The van der Waals surface area contributed by atoms with Crippen molar-refractivity contribution in [1.29, 1.82) is 0 Å². The molecule has 1 fully saturated rings. The van der Waals surface area contributed by atoms with Crippen molar-refractivity contribution in [2.75, 3.05) is 52.9 Å². The van der Waals surface area contributed by atoms with Crippen molar-refractivity contribution in [2.45, 2.75) is 36.5 Å². The summed E-state index contributed by atoms with van der Waals surface area (Å²) >= 11 is 0. The number of benzene rings is 4. The van der Waals surface area contributed by atoms with Gasteiger partial charge in [0.25, 0.3) is 0 Å². The number of fused-ring (bicyclic) bond motifs is 3. The molecule has 0 radical (unpaired) electrons. The molecular formula is C43H34O8. The zero-order valence-electron chi connectivity index (χ0n) is 27.8. The molecule has 0 saturated heterocycles. The number of esters is 2. The summed E-state index contributed by atoms with van der Waals surface area (Å²) in [5.74, 6) is -0.247. The normalized spacial score (nSPS) is 27.7. The largest absolute Gasteiger partial charge is 0.462 e. The number of aliphatic hydroxyl groups excluding tert-OH is 2. The van der Waals surface area contributed by atoms with Crippen molar-refractivity contribution in [3.63, 3.8) is 0 Å². The van der Waals surface area contributed by atoms with Crippen LogP contribution in [0.15, 0.2) is 36.4 Å². The predicted octanol–water partition coefficient (Wildman–Crippen LogP) is 5.30. The van der Waals surface area contributed by atoms with Gasteiger partial charge in [0.05, 0.1) is 39.6 Å². The Kier molecular flexibility index (Phi) is 5.08. The third-order valence-electron chi connectivity index (χ3n) is 14.0. The fourth-order valence-corrected chi connectivity index (χ4v) is 12.7. The molecule has 51 heavy (non-hydrogen) atoms. The number of carbonyl (C=O) groups is 2. The lowest BCUT2D eigenvalue weighted by Crippen LogP contribution is -2.34. The summed E-state index contributed by atoms with van der Waals surface area (Å²) < 4.78 is 22.6. The zero-order chi connectivity index (χ0) is 33.7. The Hall–Kier alpha value is -4.34. The highest BCUT2D eigenvalue weighted by molar-refractivity contribution is 6.40. The minimum atomic E-state index is -1.54. The van der Waals surface area contributed by atoms with Crippen LogP contribution in [0.4, 0.5) is 0 Å². The van der Waals surface area contributed by atoms with Gasteiger partial charge >= 0.3 is 11.9 Å². The molecule has 8 nitrogen and oxygen atoms in total. The Morgan fingerprint density at radius 1 is 0.608 bits per heavy atom. The molecule has 0 aromatic heterocycles. The van der Waals surface area contributed by atoms with E-state index in [1.54, 1.807) is 11.1 Å². The first-order valence-electron chi connectivity index (χ1n) is 18.6. The lowest BCUT2D eigenvalue weighted by atomic mass is 9.63. The summed E-state index contributed by atoms with van der Waals surface area (Å²) in [7, 11) is 0. The van der Waals surface area contributed by atoms with Gasteiger partial charge in [-0.1, -0.05) is 36.4 Å². The van der Waals surface area contributed by atoms with E-state index in [0.29, 0.717) is 23.7 Å². The minimum Gasteiger partial charge on any atom is -0.462 e. The van der Waals surface area contributed by atoms with Crippen LogP contribution < -0.4 is 0 Å². The molecule has 0 bridgehead atoms. The van der Waals surface area contributed by atoms with E-state index in [1.165, 1.54) is 76.8 Å². The fraction of sp³-hybridized carbons (Fsp3) is 0.395. The van der Waals surface area contributed by atoms with Crippen LogP contribution in [0.3, 0.4) is 0 Å². The van der Waals surface area contributed by atoms with Gasteiger partial charge in [-0.3, -0.25) is 9.59 Å². The van der Waals surface area contributed by atoms with E-state index in [-0.39, 0.29) is 52.9 Å². The molecule has 9 aliphatic carbocycles. The number of ether oxygens (including phenoxy) is 4. The van der Waals surface area contributed by atoms with E-state index >= 15 is 0 Å². The molecule has 0 unspecified atom stereocenters. The third kappa shape index (κ3) is 2.92. The second kappa shape index (κ2) is 9.17. The monoisotopic (exact) mass is 678 g/mol. The molecule has 0 aliphatic heterocycles. The number of aliphatic hydroxyl groups is 2. The molecule has 254 valence electrons. The van der Waals surface area contributed by atoms with Gasteiger partial charge in [-0.25, -0.2) is 0 Å². The molecule has 6 atom stereocenters. The molecule has 4 aromatic carbocycles. The van der Waals surface area contributed by atoms with E-state index in [9.17, 15) is 9.59 Å². The lowest BCUT2D eigenvalue weighted by Gasteiger charge is -2.39. The van der Waals surface area contributed by atoms with Crippen LogP contribution in [-0.4, -0.2) is 75.0 Å². The van der Waals surface area contributed by atoms with E-state index in [0.717, 1.165) is 24.0 Å². The van der Waals surface area contributed by atoms with E-state index in [2.05, 4.69) is 36.4 Å². The van der Waals surface area contributed by atoms with Gasteiger partial charge in [-0.15, -0.1) is 0 Å². The molecule has 8 heteroatoms. The van der Waals surface area contributed by atoms with E-state index < -0.39 is 29.2 Å². The van der Waals surface area contributed by atoms with Crippen LogP contribution in [-0.2, 0) is 41.4 Å². The highest BCUT2D eigenvalue weighted by Gasteiger charge is 2.79. The summed E-state index contributed by atoms with van der Waals surface area (Å²) in [5.41, 5.74) is 14.7. The van der Waals surface area contributed by atoms with Gasteiger partial charge in [-0.05, 0) is 112 Å². The van der Waals surface area contributed by atoms with Gasteiger partial charge in [0.1, 0.15) is 13.2 Å². The first-order chi connectivity index (χ1) is 25.1. The molecular weight excluding hydrogens is 644 g/mol. The van der Waals surface area contributed by atoms with Crippen LogP contribution in [0.5, 0.6) is 0 Å². The number of allylic oxidation sites excluding steroid dienone is 6. The number of carbonyl (C=O) groups excluding carboxylic acids is 2. The summed E-state index contributed by atoms with van der Waals surface area (Å²) in [5, 5.41) is 26.8. The van der Waals surface area contributed by atoms with E-state index in [4.69, 9.17) is 29.2 Å². The van der Waals surface area contributed by atoms with Crippen LogP contribution in [0.2, 0.25) is 0 Å². The first kappa shape index (κ1) is 28.3. The van der Waals surface area contributed by atoms with Gasteiger partial charge in [0.15, 0.2) is 5.41 Å². The van der Waals surface area contributed by atoms with Crippen LogP contribution >= 0.6 is 0 Å². The Morgan fingerprint density at radius 3 is 1.57 bits per heavy atom. The smallest absolute Gasteiger partial charge is 0.324 e. The summed E-state index contributed by atoms with van der Waals surface area (Å²) in [6, 6.07) is 4.67. The minimum absolute atomic E-state index is 0.0252. The topological polar surface area (TPSA) is 112 Å². The highest BCUT2D eigenvalue weighted by Crippen LogP contribution is 2.80. The maximum atomic E-state index is 14.5. The predicted molar refractivity (Wildman–Crippen MR) is 189 cm³/mol. The maximum Gasteiger partial charge on any atom is 0.324 e.